The van der Waals surface area contributed by atoms with Crippen molar-refractivity contribution >= 4 is 17.3 Å². The summed E-state index contributed by atoms with van der Waals surface area (Å²) in [6.45, 7) is -2.95. The van der Waals surface area contributed by atoms with Gasteiger partial charge in [-0.1, -0.05) is 24.3 Å². The first-order valence-electron chi connectivity index (χ1n) is 6.22. The Morgan fingerprint density at radius 1 is 1.19 bits per heavy atom. The van der Waals surface area contributed by atoms with Gasteiger partial charge in [0.2, 0.25) is 5.91 Å². The van der Waals surface area contributed by atoms with Crippen LogP contribution in [-0.2, 0) is 11.2 Å². The zero-order chi connectivity index (χ0) is 15.2. The van der Waals surface area contributed by atoms with Gasteiger partial charge in [-0.3, -0.25) is 4.79 Å². The van der Waals surface area contributed by atoms with Gasteiger partial charge in [-0.25, -0.2) is 0 Å². The maximum atomic E-state index is 12.3. The summed E-state index contributed by atoms with van der Waals surface area (Å²) >= 11 is 0. The molecule has 0 saturated heterocycles. The molecular formula is C15H14F2N2O2. The van der Waals surface area contributed by atoms with Crippen LogP contribution >= 0.6 is 0 Å². The molecule has 0 spiro atoms. The van der Waals surface area contributed by atoms with Crippen molar-refractivity contribution in [3.05, 3.63) is 54.1 Å². The van der Waals surface area contributed by atoms with E-state index in [-0.39, 0.29) is 23.8 Å². The van der Waals surface area contributed by atoms with Crippen LogP contribution in [0, 0.1) is 0 Å². The Balaban J connectivity index is 2.06. The summed E-state index contributed by atoms with van der Waals surface area (Å²) in [4.78, 5) is 11.9. The SMILES string of the molecule is Nc1cccc(CC(=O)Nc2ccccc2OC(F)F)c1. The molecule has 0 heterocycles. The smallest absolute Gasteiger partial charge is 0.387 e. The number of nitrogen functional groups attached to an aromatic ring is 1. The molecule has 0 atom stereocenters. The van der Waals surface area contributed by atoms with Crippen LogP contribution in [0.4, 0.5) is 20.2 Å². The summed E-state index contributed by atoms with van der Waals surface area (Å²) < 4.78 is 28.9. The summed E-state index contributed by atoms with van der Waals surface area (Å²) in [6, 6.07) is 12.9. The van der Waals surface area contributed by atoms with E-state index >= 15 is 0 Å². The van der Waals surface area contributed by atoms with Crippen LogP contribution in [0.2, 0.25) is 0 Å². The summed E-state index contributed by atoms with van der Waals surface area (Å²) in [5.41, 5.74) is 7.12. The van der Waals surface area contributed by atoms with Crippen LogP contribution in [-0.4, -0.2) is 12.5 Å². The van der Waals surface area contributed by atoms with E-state index in [2.05, 4.69) is 10.1 Å². The Morgan fingerprint density at radius 3 is 2.67 bits per heavy atom. The number of halogens is 2. The van der Waals surface area contributed by atoms with Crippen LogP contribution in [0.15, 0.2) is 48.5 Å². The van der Waals surface area contributed by atoms with Crippen molar-refractivity contribution in [2.24, 2.45) is 0 Å². The van der Waals surface area contributed by atoms with Crippen LogP contribution < -0.4 is 15.8 Å². The number of ether oxygens (including phenoxy) is 1. The molecule has 0 radical (unpaired) electrons. The fourth-order valence-corrected chi connectivity index (χ4v) is 1.85. The van der Waals surface area contributed by atoms with Crippen molar-refractivity contribution in [2.75, 3.05) is 11.1 Å². The first-order valence-corrected chi connectivity index (χ1v) is 6.22. The highest BCUT2D eigenvalue weighted by Crippen LogP contribution is 2.25. The number of nitrogens with one attached hydrogen (secondary N) is 1. The van der Waals surface area contributed by atoms with E-state index < -0.39 is 6.61 Å². The van der Waals surface area contributed by atoms with Gasteiger partial charge in [-0.2, -0.15) is 8.78 Å². The quantitative estimate of drug-likeness (QED) is 0.832. The molecule has 0 bridgehead atoms. The third-order valence-corrected chi connectivity index (χ3v) is 2.69. The van der Waals surface area contributed by atoms with Gasteiger partial charge in [0.25, 0.3) is 0 Å². The molecule has 2 rings (SSSR count). The lowest BCUT2D eigenvalue weighted by Gasteiger charge is -2.11. The monoisotopic (exact) mass is 292 g/mol. The molecule has 2 aromatic carbocycles. The Hall–Kier alpha value is -2.63. The molecular weight excluding hydrogens is 278 g/mol. The zero-order valence-electron chi connectivity index (χ0n) is 11.1. The molecule has 0 saturated carbocycles. The summed E-state index contributed by atoms with van der Waals surface area (Å²) in [7, 11) is 0. The first-order chi connectivity index (χ1) is 10.0. The molecule has 3 N–H and O–H groups in total. The molecule has 0 fully saturated rings. The Kier molecular flexibility index (Phi) is 4.71. The largest absolute Gasteiger partial charge is 0.433 e. The van der Waals surface area contributed by atoms with Gasteiger partial charge in [-0.15, -0.1) is 0 Å². The number of amides is 1. The van der Waals surface area contributed by atoms with Crippen molar-refractivity contribution < 1.29 is 18.3 Å². The molecule has 0 aliphatic carbocycles. The highest BCUT2D eigenvalue weighted by atomic mass is 19.3. The number of carbonyl (C=O) groups is 1. The highest BCUT2D eigenvalue weighted by Gasteiger charge is 2.11. The fraction of sp³-hybridized carbons (Fsp3) is 0.133. The standard InChI is InChI=1S/C15H14F2N2O2/c16-15(17)21-13-7-2-1-6-12(13)19-14(20)9-10-4-3-5-11(18)8-10/h1-8,15H,9,18H2,(H,19,20). The Morgan fingerprint density at radius 2 is 1.95 bits per heavy atom. The van der Waals surface area contributed by atoms with Gasteiger partial charge in [0.05, 0.1) is 12.1 Å². The minimum atomic E-state index is -2.95. The van der Waals surface area contributed by atoms with Gasteiger partial charge in [0.15, 0.2) is 0 Å². The molecule has 2 aromatic rings. The number of benzene rings is 2. The number of carbonyl (C=O) groups excluding carboxylic acids is 1. The maximum absolute atomic E-state index is 12.3. The number of anilines is 2. The normalized spacial score (nSPS) is 10.4. The van der Waals surface area contributed by atoms with Crippen molar-refractivity contribution in [3.8, 4) is 5.75 Å². The van der Waals surface area contributed by atoms with Gasteiger partial charge in [0, 0.05) is 5.69 Å². The molecule has 110 valence electrons. The number of hydrogen-bond donors (Lipinski definition) is 2. The van der Waals surface area contributed by atoms with Crippen LogP contribution in [0.3, 0.4) is 0 Å². The molecule has 1 amide bonds. The van der Waals surface area contributed by atoms with Gasteiger partial charge in [0.1, 0.15) is 5.75 Å². The lowest BCUT2D eigenvalue weighted by atomic mass is 10.1. The molecule has 0 aliphatic heterocycles. The molecule has 21 heavy (non-hydrogen) atoms. The van der Waals surface area contributed by atoms with Gasteiger partial charge >= 0.3 is 6.61 Å². The average molecular weight is 292 g/mol. The molecule has 0 unspecified atom stereocenters. The minimum Gasteiger partial charge on any atom is -0.433 e. The second kappa shape index (κ2) is 6.69. The van der Waals surface area contributed by atoms with Gasteiger partial charge < -0.3 is 15.8 Å². The van der Waals surface area contributed by atoms with E-state index in [9.17, 15) is 13.6 Å². The van der Waals surface area contributed by atoms with Crippen LogP contribution in [0.5, 0.6) is 5.75 Å². The van der Waals surface area contributed by atoms with E-state index in [4.69, 9.17) is 5.73 Å². The van der Waals surface area contributed by atoms with Crippen molar-refractivity contribution in [3.63, 3.8) is 0 Å². The second-order valence-corrected chi connectivity index (χ2v) is 4.34. The number of para-hydroxylation sites is 2. The van der Waals surface area contributed by atoms with E-state index in [1.165, 1.54) is 12.1 Å². The van der Waals surface area contributed by atoms with Crippen molar-refractivity contribution in [2.45, 2.75) is 13.0 Å². The first kappa shape index (κ1) is 14.8. The maximum Gasteiger partial charge on any atom is 0.387 e. The van der Waals surface area contributed by atoms with Crippen molar-refractivity contribution in [1.82, 2.24) is 0 Å². The third kappa shape index (κ3) is 4.45. The predicted molar refractivity (Wildman–Crippen MR) is 76.3 cm³/mol. The Bertz CT molecular complexity index is 633. The van der Waals surface area contributed by atoms with Gasteiger partial charge in [-0.05, 0) is 29.8 Å². The number of hydrogen-bond acceptors (Lipinski definition) is 3. The predicted octanol–water partition coefficient (Wildman–Crippen LogP) is 3.05. The Labute approximate surface area is 120 Å². The summed E-state index contributed by atoms with van der Waals surface area (Å²) in [6.07, 6.45) is 0.0913. The molecule has 4 nitrogen and oxygen atoms in total. The summed E-state index contributed by atoms with van der Waals surface area (Å²) in [5.74, 6) is -0.417. The summed E-state index contributed by atoms with van der Waals surface area (Å²) in [5, 5.41) is 2.55. The van der Waals surface area contributed by atoms with Crippen molar-refractivity contribution in [1.29, 1.82) is 0 Å². The van der Waals surface area contributed by atoms with Crippen LogP contribution in [0.1, 0.15) is 5.56 Å². The average Bonchev–Trinajstić information content (AvgIpc) is 2.40. The fourth-order valence-electron chi connectivity index (χ4n) is 1.85. The highest BCUT2D eigenvalue weighted by molar-refractivity contribution is 5.93. The second-order valence-electron chi connectivity index (χ2n) is 4.34. The van der Waals surface area contributed by atoms with Crippen LogP contribution in [0.25, 0.3) is 0 Å². The number of rotatable bonds is 5. The van der Waals surface area contributed by atoms with E-state index in [0.717, 1.165) is 5.56 Å². The third-order valence-electron chi connectivity index (χ3n) is 2.69. The lowest BCUT2D eigenvalue weighted by Crippen LogP contribution is -2.16. The number of alkyl halides is 2. The molecule has 0 aromatic heterocycles. The molecule has 0 aliphatic rings. The van der Waals surface area contributed by atoms with E-state index in [1.54, 1.807) is 36.4 Å². The number of nitrogens with two attached hydrogens (primary N) is 1. The molecule has 6 heteroatoms. The lowest BCUT2D eigenvalue weighted by molar-refractivity contribution is -0.115. The van der Waals surface area contributed by atoms with E-state index in [0.29, 0.717) is 5.69 Å². The topological polar surface area (TPSA) is 64.4 Å². The van der Waals surface area contributed by atoms with E-state index in [1.807, 2.05) is 0 Å². The zero-order valence-corrected chi connectivity index (χ0v) is 11.1. The minimum absolute atomic E-state index is 0.0755.